The van der Waals surface area contributed by atoms with Gasteiger partial charge in [0.1, 0.15) is 12.1 Å². The summed E-state index contributed by atoms with van der Waals surface area (Å²) in [5.41, 5.74) is 15.5. The highest BCUT2D eigenvalue weighted by Crippen LogP contribution is 1.99. The molecule has 0 unspecified atom stereocenters. The van der Waals surface area contributed by atoms with Gasteiger partial charge < -0.3 is 32.9 Å². The summed E-state index contributed by atoms with van der Waals surface area (Å²) >= 11 is 0. The molecule has 0 bridgehead atoms. The second-order valence-electron chi connectivity index (χ2n) is 4.34. The third-order valence-electron chi connectivity index (χ3n) is 2.51. The molecule has 10 nitrogen and oxygen atoms in total. The van der Waals surface area contributed by atoms with Gasteiger partial charge in [0.25, 0.3) is 0 Å². The van der Waals surface area contributed by atoms with Crippen LogP contribution in [0.25, 0.3) is 0 Å². The number of aliphatic imine (C=N–C) groups is 1. The van der Waals surface area contributed by atoms with Crippen LogP contribution in [-0.2, 0) is 14.4 Å². The number of carboxylic acids is 1. The van der Waals surface area contributed by atoms with E-state index in [0.29, 0.717) is 13.0 Å². The van der Waals surface area contributed by atoms with Crippen LogP contribution in [0.1, 0.15) is 19.8 Å². The highest BCUT2D eigenvalue weighted by atomic mass is 16.4. The van der Waals surface area contributed by atoms with Crippen molar-refractivity contribution in [2.75, 3.05) is 13.1 Å². The predicted molar refractivity (Wildman–Crippen MR) is 76.1 cm³/mol. The molecular weight excluding hydrogens is 280 g/mol. The van der Waals surface area contributed by atoms with Crippen LogP contribution in [0.4, 0.5) is 0 Å². The monoisotopic (exact) mass is 302 g/mol. The fourth-order valence-electron chi connectivity index (χ4n) is 1.40. The molecule has 0 fully saturated rings. The first kappa shape index (κ1) is 18.6. The molecule has 0 aromatic heterocycles. The minimum absolute atomic E-state index is 0.0681. The molecule has 0 saturated heterocycles. The maximum atomic E-state index is 11.9. The van der Waals surface area contributed by atoms with Crippen LogP contribution >= 0.6 is 0 Å². The fraction of sp³-hybridized carbons (Fsp3) is 0.636. The van der Waals surface area contributed by atoms with Crippen molar-refractivity contribution >= 4 is 23.7 Å². The molecule has 9 N–H and O–H groups in total. The minimum Gasteiger partial charge on any atom is -0.480 e. The van der Waals surface area contributed by atoms with Crippen LogP contribution in [0.5, 0.6) is 0 Å². The number of amides is 2. The molecule has 0 aliphatic rings. The number of hydrogen-bond donors (Lipinski definition) is 6. The Morgan fingerprint density at radius 3 is 2.33 bits per heavy atom. The Labute approximate surface area is 122 Å². The number of carbonyl (C=O) groups excluding carboxylic acids is 2. The lowest BCUT2D eigenvalue weighted by atomic mass is 10.1. The predicted octanol–water partition coefficient (Wildman–Crippen LogP) is -2.93. The quantitative estimate of drug-likeness (QED) is 0.149. The van der Waals surface area contributed by atoms with Crippen LogP contribution in [-0.4, -0.2) is 54.0 Å². The Morgan fingerprint density at radius 2 is 1.86 bits per heavy atom. The van der Waals surface area contributed by atoms with E-state index >= 15 is 0 Å². The normalized spacial score (nSPS) is 12.9. The van der Waals surface area contributed by atoms with E-state index in [4.69, 9.17) is 22.3 Å². The smallest absolute Gasteiger partial charge is 0.325 e. The third kappa shape index (κ3) is 8.42. The van der Waals surface area contributed by atoms with Crippen molar-refractivity contribution in [1.82, 2.24) is 10.6 Å². The van der Waals surface area contributed by atoms with Gasteiger partial charge in [-0.15, -0.1) is 0 Å². The standard InChI is InChI=1S/C11H22N6O4/c1-6(10(20)21)16-9(19)7(17-8(18)5-12)3-2-4-15-11(13)14/h6-7H,2-5,12H2,1H3,(H,16,19)(H,17,18)(H,20,21)(H4,13,14,15)/t6-,7-/m0/s1. The van der Waals surface area contributed by atoms with Gasteiger partial charge in [0.15, 0.2) is 5.96 Å². The summed E-state index contributed by atoms with van der Waals surface area (Å²) in [6.07, 6.45) is 0.684. The Hall–Kier alpha value is -2.36. The van der Waals surface area contributed by atoms with E-state index in [2.05, 4.69) is 15.6 Å². The number of hydrogen-bond acceptors (Lipinski definition) is 5. The lowest BCUT2D eigenvalue weighted by Crippen LogP contribution is -2.51. The molecule has 120 valence electrons. The fourth-order valence-corrected chi connectivity index (χ4v) is 1.40. The first-order chi connectivity index (χ1) is 9.77. The van der Waals surface area contributed by atoms with E-state index in [1.54, 1.807) is 0 Å². The Morgan fingerprint density at radius 1 is 1.24 bits per heavy atom. The number of guanidine groups is 1. The van der Waals surface area contributed by atoms with E-state index < -0.39 is 29.9 Å². The molecule has 0 rings (SSSR count). The topological polar surface area (TPSA) is 186 Å². The molecule has 0 aromatic carbocycles. The number of carbonyl (C=O) groups is 3. The van der Waals surface area contributed by atoms with Crippen LogP contribution in [0, 0.1) is 0 Å². The number of nitrogens with two attached hydrogens (primary N) is 3. The molecule has 0 spiro atoms. The molecule has 21 heavy (non-hydrogen) atoms. The van der Waals surface area contributed by atoms with Crippen molar-refractivity contribution < 1.29 is 19.5 Å². The first-order valence-corrected chi connectivity index (χ1v) is 6.36. The summed E-state index contributed by atoms with van der Waals surface area (Å²) in [7, 11) is 0. The number of aliphatic carboxylic acids is 1. The molecule has 10 heteroatoms. The van der Waals surface area contributed by atoms with E-state index in [9.17, 15) is 14.4 Å². The van der Waals surface area contributed by atoms with Crippen molar-refractivity contribution in [3.05, 3.63) is 0 Å². The second kappa shape index (κ2) is 9.53. The average molecular weight is 302 g/mol. The lowest BCUT2D eigenvalue weighted by Gasteiger charge is -2.19. The SMILES string of the molecule is C[C@H](NC(=O)[C@H](CCCN=C(N)N)NC(=O)CN)C(=O)O. The number of nitrogens with one attached hydrogen (secondary N) is 2. The molecule has 2 atom stereocenters. The van der Waals surface area contributed by atoms with Gasteiger partial charge in [0.2, 0.25) is 11.8 Å². The maximum Gasteiger partial charge on any atom is 0.325 e. The molecular formula is C11H22N6O4. The van der Waals surface area contributed by atoms with E-state index in [1.807, 2.05) is 0 Å². The van der Waals surface area contributed by atoms with Gasteiger partial charge in [0.05, 0.1) is 6.54 Å². The Kier molecular flexibility index (Phi) is 8.46. The van der Waals surface area contributed by atoms with Crippen molar-refractivity contribution in [1.29, 1.82) is 0 Å². The van der Waals surface area contributed by atoms with Crippen molar-refractivity contribution in [3.8, 4) is 0 Å². The van der Waals surface area contributed by atoms with Gasteiger partial charge in [-0.05, 0) is 19.8 Å². The van der Waals surface area contributed by atoms with E-state index in [0.717, 1.165) is 0 Å². The van der Waals surface area contributed by atoms with Crippen molar-refractivity contribution in [3.63, 3.8) is 0 Å². The molecule has 0 radical (unpaired) electrons. The van der Waals surface area contributed by atoms with E-state index in [1.165, 1.54) is 6.92 Å². The summed E-state index contributed by atoms with van der Waals surface area (Å²) in [5.74, 6) is -2.36. The van der Waals surface area contributed by atoms with Gasteiger partial charge in [-0.25, -0.2) is 0 Å². The highest BCUT2D eigenvalue weighted by molar-refractivity contribution is 5.90. The maximum absolute atomic E-state index is 11.9. The van der Waals surface area contributed by atoms with Crippen molar-refractivity contribution in [2.45, 2.75) is 31.8 Å². The summed E-state index contributed by atoms with van der Waals surface area (Å²) in [5, 5.41) is 13.4. The summed E-state index contributed by atoms with van der Waals surface area (Å²) < 4.78 is 0. The zero-order chi connectivity index (χ0) is 16.4. The van der Waals surface area contributed by atoms with Crippen LogP contribution in [0.3, 0.4) is 0 Å². The summed E-state index contributed by atoms with van der Waals surface area (Å²) in [6.45, 7) is 1.34. The van der Waals surface area contributed by atoms with Crippen LogP contribution in [0.2, 0.25) is 0 Å². The minimum atomic E-state index is -1.17. The van der Waals surface area contributed by atoms with Crippen LogP contribution < -0.4 is 27.8 Å². The summed E-state index contributed by atoms with van der Waals surface area (Å²) in [6, 6.07) is -1.95. The highest BCUT2D eigenvalue weighted by Gasteiger charge is 2.23. The molecule has 0 aliphatic heterocycles. The lowest BCUT2D eigenvalue weighted by molar-refractivity contribution is -0.141. The third-order valence-corrected chi connectivity index (χ3v) is 2.51. The molecule has 0 heterocycles. The second-order valence-corrected chi connectivity index (χ2v) is 4.34. The van der Waals surface area contributed by atoms with Crippen LogP contribution in [0.15, 0.2) is 4.99 Å². The number of nitrogens with zero attached hydrogens (tertiary/aromatic N) is 1. The summed E-state index contributed by atoms with van der Waals surface area (Å²) in [4.78, 5) is 37.7. The zero-order valence-electron chi connectivity index (χ0n) is 11.8. The number of carboxylic acid groups (broad SMARTS) is 1. The van der Waals surface area contributed by atoms with Gasteiger partial charge in [-0.3, -0.25) is 19.4 Å². The Bertz CT molecular complexity index is 408. The Balaban J connectivity index is 4.57. The first-order valence-electron chi connectivity index (χ1n) is 6.36. The zero-order valence-corrected chi connectivity index (χ0v) is 11.8. The van der Waals surface area contributed by atoms with Gasteiger partial charge in [-0.1, -0.05) is 0 Å². The largest absolute Gasteiger partial charge is 0.480 e. The van der Waals surface area contributed by atoms with Gasteiger partial charge >= 0.3 is 5.97 Å². The van der Waals surface area contributed by atoms with E-state index in [-0.39, 0.29) is 18.9 Å². The molecule has 0 aliphatic carbocycles. The van der Waals surface area contributed by atoms with Gasteiger partial charge in [-0.2, -0.15) is 0 Å². The molecule has 2 amide bonds. The van der Waals surface area contributed by atoms with Crippen molar-refractivity contribution in [2.24, 2.45) is 22.2 Å². The number of rotatable bonds is 9. The molecule has 0 aromatic rings. The average Bonchev–Trinajstić information content (AvgIpc) is 2.41. The molecule has 0 saturated carbocycles. The van der Waals surface area contributed by atoms with Gasteiger partial charge in [0, 0.05) is 6.54 Å².